The van der Waals surface area contributed by atoms with Gasteiger partial charge in [-0.15, -0.1) is 4.68 Å². The number of nitriles is 1. The van der Waals surface area contributed by atoms with E-state index in [2.05, 4.69) is 44.3 Å². The van der Waals surface area contributed by atoms with Crippen LogP contribution in [0.2, 0.25) is 0 Å². The lowest BCUT2D eigenvalue weighted by molar-refractivity contribution is -0.726. The SMILES string of the molecule is C[n+]1cc(-c2cc(-c3ccc(N4CCC(N5CCCC5=O)CC4)nc3)c3c(C#N)cnn3c2)c[nH]1. The normalized spacial score (nSPS) is 16.9. The fourth-order valence-corrected chi connectivity index (χ4v) is 5.39. The zero-order valence-electron chi connectivity index (χ0n) is 19.7. The molecule has 176 valence electrons. The van der Waals surface area contributed by atoms with E-state index in [0.717, 1.165) is 72.5 Å². The van der Waals surface area contributed by atoms with Crippen LogP contribution >= 0.6 is 0 Å². The molecule has 6 rings (SSSR count). The summed E-state index contributed by atoms with van der Waals surface area (Å²) in [6.07, 6.45) is 13.0. The third-order valence-electron chi connectivity index (χ3n) is 7.22. The van der Waals surface area contributed by atoms with E-state index in [0.29, 0.717) is 23.9 Å². The van der Waals surface area contributed by atoms with Gasteiger partial charge in [0.2, 0.25) is 12.1 Å². The number of nitrogens with zero attached hydrogens (tertiary/aromatic N) is 7. The van der Waals surface area contributed by atoms with Crippen molar-refractivity contribution in [3.8, 4) is 28.3 Å². The number of pyridine rings is 2. The summed E-state index contributed by atoms with van der Waals surface area (Å²) in [5.41, 5.74) is 5.21. The summed E-state index contributed by atoms with van der Waals surface area (Å²) in [7, 11) is 1.94. The third kappa shape index (κ3) is 3.81. The molecule has 35 heavy (non-hydrogen) atoms. The Labute approximate surface area is 203 Å². The van der Waals surface area contributed by atoms with Crippen LogP contribution in [0.5, 0.6) is 0 Å². The molecule has 0 unspecified atom stereocenters. The first-order valence-corrected chi connectivity index (χ1v) is 12.1. The number of carbonyl (C=O) groups is 1. The first-order valence-electron chi connectivity index (χ1n) is 12.1. The van der Waals surface area contributed by atoms with Gasteiger partial charge in [0.25, 0.3) is 0 Å². The summed E-state index contributed by atoms with van der Waals surface area (Å²) in [5, 5.41) is 17.2. The summed E-state index contributed by atoms with van der Waals surface area (Å²) >= 11 is 0. The summed E-state index contributed by atoms with van der Waals surface area (Å²) < 4.78 is 3.66. The van der Waals surface area contributed by atoms with E-state index in [9.17, 15) is 10.1 Å². The Morgan fingerprint density at radius 1 is 1.14 bits per heavy atom. The second-order valence-corrected chi connectivity index (χ2v) is 9.39. The molecule has 0 spiro atoms. The molecular formula is C26H27N8O+. The fraction of sp³-hybridized carbons (Fsp3) is 0.346. The summed E-state index contributed by atoms with van der Waals surface area (Å²) in [6.45, 7) is 2.70. The molecule has 1 N–H and O–H groups in total. The van der Waals surface area contributed by atoms with E-state index in [4.69, 9.17) is 4.98 Å². The molecule has 2 saturated heterocycles. The van der Waals surface area contributed by atoms with Gasteiger partial charge in [-0.1, -0.05) is 0 Å². The van der Waals surface area contributed by atoms with Crippen molar-refractivity contribution >= 4 is 17.2 Å². The smallest absolute Gasteiger partial charge is 0.222 e. The van der Waals surface area contributed by atoms with Crippen LogP contribution in [-0.2, 0) is 11.8 Å². The number of nitrogens with one attached hydrogen (secondary N) is 1. The highest BCUT2D eigenvalue weighted by atomic mass is 16.2. The van der Waals surface area contributed by atoms with Crippen LogP contribution in [0, 0.1) is 11.3 Å². The van der Waals surface area contributed by atoms with Gasteiger partial charge in [-0.25, -0.2) is 9.50 Å². The number of rotatable bonds is 4. The number of fused-ring (bicyclic) bond motifs is 1. The molecule has 1 amide bonds. The average Bonchev–Trinajstić information content (AvgIpc) is 3.63. The molecule has 2 fully saturated rings. The molecule has 9 nitrogen and oxygen atoms in total. The maximum Gasteiger partial charge on any atom is 0.222 e. The molecule has 0 aliphatic carbocycles. The quantitative estimate of drug-likeness (QED) is 0.466. The fourth-order valence-electron chi connectivity index (χ4n) is 5.39. The van der Waals surface area contributed by atoms with Gasteiger partial charge >= 0.3 is 0 Å². The van der Waals surface area contributed by atoms with Crippen LogP contribution < -0.4 is 9.58 Å². The third-order valence-corrected chi connectivity index (χ3v) is 7.22. The highest BCUT2D eigenvalue weighted by Gasteiger charge is 2.31. The molecule has 4 aromatic heterocycles. The van der Waals surface area contributed by atoms with Gasteiger partial charge in [-0.3, -0.25) is 4.79 Å². The predicted molar refractivity (Wildman–Crippen MR) is 130 cm³/mol. The lowest BCUT2D eigenvalue weighted by Crippen LogP contribution is -2.45. The van der Waals surface area contributed by atoms with E-state index in [-0.39, 0.29) is 0 Å². The Balaban J connectivity index is 1.28. The van der Waals surface area contributed by atoms with Gasteiger partial charge in [0.05, 0.1) is 29.0 Å². The van der Waals surface area contributed by atoms with Crippen LogP contribution in [-0.4, -0.2) is 56.2 Å². The molecular weight excluding hydrogens is 440 g/mol. The van der Waals surface area contributed by atoms with Gasteiger partial charge in [0, 0.05) is 61.2 Å². The molecule has 4 aromatic rings. The minimum absolute atomic E-state index is 0.310. The number of anilines is 1. The highest BCUT2D eigenvalue weighted by molar-refractivity contribution is 5.87. The van der Waals surface area contributed by atoms with Crippen molar-refractivity contribution in [1.29, 1.82) is 5.26 Å². The van der Waals surface area contributed by atoms with E-state index in [1.807, 2.05) is 36.5 Å². The Morgan fingerprint density at radius 3 is 2.66 bits per heavy atom. The average molecular weight is 468 g/mol. The first-order chi connectivity index (χ1) is 17.1. The second-order valence-electron chi connectivity index (χ2n) is 9.39. The number of carbonyl (C=O) groups excluding carboxylic acids is 1. The lowest BCUT2D eigenvalue weighted by Gasteiger charge is -2.37. The van der Waals surface area contributed by atoms with E-state index in [1.165, 1.54) is 0 Å². The Kier molecular flexibility index (Phi) is 5.21. The topological polar surface area (TPSA) is 97.2 Å². The molecule has 0 aromatic carbocycles. The maximum absolute atomic E-state index is 12.1. The minimum Gasteiger partial charge on any atom is -0.356 e. The zero-order valence-corrected chi connectivity index (χ0v) is 19.7. The van der Waals surface area contributed by atoms with Gasteiger partial charge in [-0.2, -0.15) is 15.5 Å². The monoisotopic (exact) mass is 467 g/mol. The van der Waals surface area contributed by atoms with Gasteiger partial charge in [0.15, 0.2) is 7.05 Å². The van der Waals surface area contributed by atoms with Crippen LogP contribution in [0.25, 0.3) is 27.8 Å². The van der Waals surface area contributed by atoms with Crippen LogP contribution in [0.4, 0.5) is 5.82 Å². The Morgan fingerprint density at radius 2 is 2.00 bits per heavy atom. The number of H-pyrrole nitrogens is 1. The molecule has 9 heteroatoms. The first kappa shape index (κ1) is 21.4. The van der Waals surface area contributed by atoms with Crippen molar-refractivity contribution in [2.24, 2.45) is 7.05 Å². The minimum atomic E-state index is 0.310. The molecule has 2 aliphatic heterocycles. The van der Waals surface area contributed by atoms with Crippen molar-refractivity contribution in [3.05, 3.63) is 54.7 Å². The standard InChI is InChI=1S/C26H26N8O/c1-31-16-21(15-29-31)19-11-23(26-20(12-27)14-30-34(26)17-19)18-4-5-24(28-13-18)32-9-6-22(7-10-32)33-8-2-3-25(33)35/h4-5,11,13-17,22H,2-3,6-10H2,1H3/p+1. The van der Waals surface area contributed by atoms with E-state index < -0.39 is 0 Å². The Hall–Kier alpha value is -4.19. The van der Waals surface area contributed by atoms with E-state index in [1.54, 1.807) is 10.7 Å². The molecule has 0 bridgehead atoms. The number of likely N-dealkylation sites (tertiary alicyclic amines) is 1. The van der Waals surface area contributed by atoms with Crippen LogP contribution in [0.15, 0.2) is 49.2 Å². The van der Waals surface area contributed by atoms with Crippen molar-refractivity contribution in [3.63, 3.8) is 0 Å². The van der Waals surface area contributed by atoms with E-state index >= 15 is 0 Å². The number of aryl methyl sites for hydroxylation is 1. The summed E-state index contributed by atoms with van der Waals surface area (Å²) in [4.78, 5) is 21.3. The van der Waals surface area contributed by atoms with Crippen molar-refractivity contribution < 1.29 is 9.48 Å². The second kappa shape index (κ2) is 8.55. The van der Waals surface area contributed by atoms with Gasteiger partial charge < -0.3 is 9.80 Å². The number of piperidine rings is 1. The van der Waals surface area contributed by atoms with Gasteiger partial charge in [-0.05, 0) is 37.5 Å². The molecule has 0 radical (unpaired) electrons. The summed E-state index contributed by atoms with van der Waals surface area (Å²) in [5.74, 6) is 1.25. The maximum atomic E-state index is 12.1. The number of amides is 1. The Bertz CT molecular complexity index is 1440. The molecule has 0 saturated carbocycles. The number of aromatic amines is 1. The number of hydrogen-bond donors (Lipinski definition) is 1. The predicted octanol–water partition coefficient (Wildman–Crippen LogP) is 2.68. The molecule has 6 heterocycles. The summed E-state index contributed by atoms with van der Waals surface area (Å²) in [6, 6.07) is 8.85. The highest BCUT2D eigenvalue weighted by Crippen LogP contribution is 2.32. The van der Waals surface area contributed by atoms with Crippen molar-refractivity contribution in [2.45, 2.75) is 31.7 Å². The number of aromatic nitrogens is 5. The van der Waals surface area contributed by atoms with Crippen LogP contribution in [0.1, 0.15) is 31.2 Å². The van der Waals surface area contributed by atoms with Crippen LogP contribution in [0.3, 0.4) is 0 Å². The van der Waals surface area contributed by atoms with Crippen molar-refractivity contribution in [2.75, 3.05) is 24.5 Å². The largest absolute Gasteiger partial charge is 0.356 e. The lowest BCUT2D eigenvalue weighted by atomic mass is 10.0. The molecule has 0 atom stereocenters. The number of hydrogen-bond acceptors (Lipinski definition) is 5. The molecule has 2 aliphatic rings. The van der Waals surface area contributed by atoms with Crippen molar-refractivity contribution in [1.82, 2.24) is 24.6 Å². The zero-order chi connectivity index (χ0) is 23.9. The van der Waals surface area contributed by atoms with Gasteiger partial charge in [0.1, 0.15) is 11.9 Å².